The molecule has 0 atom stereocenters. The molecule has 5 heteroatoms. The summed E-state index contributed by atoms with van der Waals surface area (Å²) in [4.78, 5) is 11.0. The van der Waals surface area contributed by atoms with Crippen LogP contribution in [0, 0.1) is 6.92 Å². The van der Waals surface area contributed by atoms with Gasteiger partial charge in [0.15, 0.2) is 6.29 Å². The summed E-state index contributed by atoms with van der Waals surface area (Å²) in [5.41, 5.74) is 2.50. The van der Waals surface area contributed by atoms with Gasteiger partial charge in [-0.25, -0.2) is 0 Å². The van der Waals surface area contributed by atoms with Gasteiger partial charge in [-0.05, 0) is 38.1 Å². The van der Waals surface area contributed by atoms with Crippen molar-refractivity contribution in [3.63, 3.8) is 0 Å². The average Bonchev–Trinajstić information content (AvgIpc) is 2.77. The lowest BCUT2D eigenvalue weighted by atomic mass is 10.2. The van der Waals surface area contributed by atoms with Crippen LogP contribution in [-0.2, 0) is 13.2 Å². The van der Waals surface area contributed by atoms with Gasteiger partial charge in [0.1, 0.15) is 12.4 Å². The summed E-state index contributed by atoms with van der Waals surface area (Å²) < 4.78 is 8.47. The summed E-state index contributed by atoms with van der Waals surface area (Å²) in [6.45, 7) is 5.18. The molecule has 0 saturated carbocycles. The number of carbonyl (C=O) groups is 1. The number of aryl methyl sites for hydroxylation is 2. The molecule has 100 valence electrons. The van der Waals surface area contributed by atoms with Crippen molar-refractivity contribution < 1.29 is 9.53 Å². The number of hydrogen-bond acceptors (Lipinski definition) is 3. The van der Waals surface area contributed by atoms with Crippen LogP contribution in [0.25, 0.3) is 0 Å². The van der Waals surface area contributed by atoms with Gasteiger partial charge in [0.05, 0.1) is 17.0 Å². The average molecular weight is 323 g/mol. The van der Waals surface area contributed by atoms with Gasteiger partial charge in [0, 0.05) is 11.0 Å². The van der Waals surface area contributed by atoms with E-state index in [4.69, 9.17) is 4.74 Å². The highest BCUT2D eigenvalue weighted by Gasteiger charge is 2.08. The van der Waals surface area contributed by atoms with E-state index in [1.54, 1.807) is 12.1 Å². The topological polar surface area (TPSA) is 44.1 Å². The molecule has 1 aromatic carbocycles. The fourth-order valence-corrected chi connectivity index (χ4v) is 2.26. The fourth-order valence-electron chi connectivity index (χ4n) is 1.88. The zero-order chi connectivity index (χ0) is 13.8. The predicted octanol–water partition coefficient (Wildman–Crippen LogP) is 3.37. The Balaban J connectivity index is 2.16. The maximum atomic E-state index is 11.0. The van der Waals surface area contributed by atoms with E-state index in [9.17, 15) is 4.79 Å². The first-order chi connectivity index (χ1) is 9.13. The number of aldehydes is 1. The molecule has 0 spiro atoms. The van der Waals surface area contributed by atoms with Crippen LogP contribution in [0.15, 0.2) is 28.7 Å². The van der Waals surface area contributed by atoms with E-state index in [2.05, 4.69) is 21.0 Å². The number of carbonyl (C=O) groups excluding carboxylic acids is 1. The first kappa shape index (κ1) is 13.8. The van der Waals surface area contributed by atoms with Crippen molar-refractivity contribution in [1.29, 1.82) is 0 Å². The van der Waals surface area contributed by atoms with Crippen LogP contribution in [-0.4, -0.2) is 16.1 Å². The van der Waals surface area contributed by atoms with Crippen LogP contribution in [0.1, 0.15) is 28.7 Å². The third-order valence-electron chi connectivity index (χ3n) is 2.76. The van der Waals surface area contributed by atoms with E-state index in [0.29, 0.717) is 17.9 Å². The van der Waals surface area contributed by atoms with Crippen molar-refractivity contribution in [1.82, 2.24) is 9.78 Å². The molecular formula is C14H15BrN2O2. The number of ether oxygens (including phenoxy) is 1. The molecular weight excluding hydrogens is 308 g/mol. The van der Waals surface area contributed by atoms with E-state index in [1.807, 2.05) is 30.7 Å². The minimum Gasteiger partial charge on any atom is -0.487 e. The molecule has 19 heavy (non-hydrogen) atoms. The summed E-state index contributed by atoms with van der Waals surface area (Å²) in [5, 5.41) is 4.36. The van der Waals surface area contributed by atoms with E-state index in [-0.39, 0.29) is 0 Å². The van der Waals surface area contributed by atoms with Crippen molar-refractivity contribution >= 4 is 22.2 Å². The Morgan fingerprint density at radius 3 is 2.89 bits per heavy atom. The van der Waals surface area contributed by atoms with Crippen molar-refractivity contribution in [3.05, 3.63) is 45.7 Å². The molecule has 0 amide bonds. The summed E-state index contributed by atoms with van der Waals surface area (Å²) in [6, 6.07) is 7.37. The van der Waals surface area contributed by atoms with Gasteiger partial charge in [-0.1, -0.05) is 15.9 Å². The molecule has 4 nitrogen and oxygen atoms in total. The molecule has 2 rings (SSSR count). The molecule has 0 aliphatic rings. The zero-order valence-corrected chi connectivity index (χ0v) is 12.5. The molecule has 0 saturated heterocycles. The largest absolute Gasteiger partial charge is 0.487 e. The predicted molar refractivity (Wildman–Crippen MR) is 76.5 cm³/mol. The Kier molecular flexibility index (Phi) is 4.37. The Labute approximate surface area is 120 Å². The Morgan fingerprint density at radius 1 is 1.42 bits per heavy atom. The van der Waals surface area contributed by atoms with Gasteiger partial charge in [-0.2, -0.15) is 5.10 Å². The van der Waals surface area contributed by atoms with Crippen molar-refractivity contribution in [2.45, 2.75) is 27.0 Å². The van der Waals surface area contributed by atoms with Crippen molar-refractivity contribution in [3.8, 4) is 5.75 Å². The van der Waals surface area contributed by atoms with E-state index in [0.717, 1.165) is 28.7 Å². The second kappa shape index (κ2) is 6.02. The van der Waals surface area contributed by atoms with Crippen LogP contribution in [0.3, 0.4) is 0 Å². The van der Waals surface area contributed by atoms with Crippen LogP contribution >= 0.6 is 15.9 Å². The van der Waals surface area contributed by atoms with Gasteiger partial charge in [0.2, 0.25) is 0 Å². The molecule has 0 aliphatic carbocycles. The zero-order valence-electron chi connectivity index (χ0n) is 10.9. The number of halogens is 1. The lowest BCUT2D eigenvalue weighted by Crippen LogP contribution is -2.06. The minimum atomic E-state index is 0.400. The number of aromatic nitrogens is 2. The minimum absolute atomic E-state index is 0.400. The van der Waals surface area contributed by atoms with Gasteiger partial charge in [-0.3, -0.25) is 9.48 Å². The second-order valence-corrected chi connectivity index (χ2v) is 5.10. The lowest BCUT2D eigenvalue weighted by molar-refractivity contribution is 0.111. The molecule has 1 aromatic heterocycles. The van der Waals surface area contributed by atoms with E-state index in [1.165, 1.54) is 0 Å². The molecule has 0 N–H and O–H groups in total. The first-order valence-corrected chi connectivity index (χ1v) is 6.84. The molecule has 0 bridgehead atoms. The van der Waals surface area contributed by atoms with Crippen molar-refractivity contribution in [2.75, 3.05) is 0 Å². The number of benzene rings is 1. The van der Waals surface area contributed by atoms with E-state index >= 15 is 0 Å². The summed E-state index contributed by atoms with van der Waals surface area (Å²) in [6.07, 6.45) is 0.794. The number of rotatable bonds is 5. The monoisotopic (exact) mass is 322 g/mol. The van der Waals surface area contributed by atoms with Crippen molar-refractivity contribution in [2.24, 2.45) is 0 Å². The molecule has 0 radical (unpaired) electrons. The SMILES string of the molecule is CCn1nc(C)cc1COc1ccc(Br)cc1C=O. The molecule has 0 fully saturated rings. The summed E-state index contributed by atoms with van der Waals surface area (Å²) in [7, 11) is 0. The quantitative estimate of drug-likeness (QED) is 0.793. The maximum Gasteiger partial charge on any atom is 0.153 e. The molecule has 1 heterocycles. The highest BCUT2D eigenvalue weighted by atomic mass is 79.9. The van der Waals surface area contributed by atoms with Crippen LogP contribution in [0.5, 0.6) is 5.75 Å². The third kappa shape index (κ3) is 3.23. The smallest absolute Gasteiger partial charge is 0.153 e. The number of nitrogens with zero attached hydrogens (tertiary/aromatic N) is 2. The second-order valence-electron chi connectivity index (χ2n) is 4.18. The van der Waals surface area contributed by atoms with Crippen LogP contribution < -0.4 is 4.74 Å². The van der Waals surface area contributed by atoms with Gasteiger partial charge < -0.3 is 4.74 Å². The van der Waals surface area contributed by atoms with Gasteiger partial charge in [-0.15, -0.1) is 0 Å². The fraction of sp³-hybridized carbons (Fsp3) is 0.286. The first-order valence-electron chi connectivity index (χ1n) is 6.05. The third-order valence-corrected chi connectivity index (χ3v) is 3.25. The standard InChI is InChI=1S/C14H15BrN2O2/c1-3-17-13(6-10(2)16-17)9-19-14-5-4-12(15)7-11(14)8-18/h4-8H,3,9H2,1-2H3. The molecule has 0 aliphatic heterocycles. The molecule has 0 unspecified atom stereocenters. The lowest BCUT2D eigenvalue weighted by Gasteiger charge is -2.09. The van der Waals surface area contributed by atoms with Crippen LogP contribution in [0.2, 0.25) is 0 Å². The normalized spacial score (nSPS) is 10.5. The highest BCUT2D eigenvalue weighted by molar-refractivity contribution is 9.10. The van der Waals surface area contributed by atoms with Gasteiger partial charge >= 0.3 is 0 Å². The number of hydrogen-bond donors (Lipinski definition) is 0. The Morgan fingerprint density at radius 2 is 2.21 bits per heavy atom. The summed E-state index contributed by atoms with van der Waals surface area (Å²) in [5.74, 6) is 0.583. The Hall–Kier alpha value is -1.62. The Bertz CT molecular complexity index is 593. The van der Waals surface area contributed by atoms with E-state index < -0.39 is 0 Å². The molecule has 2 aromatic rings. The summed E-state index contributed by atoms with van der Waals surface area (Å²) >= 11 is 3.33. The van der Waals surface area contributed by atoms with Crippen LogP contribution in [0.4, 0.5) is 0 Å². The highest BCUT2D eigenvalue weighted by Crippen LogP contribution is 2.22. The maximum absolute atomic E-state index is 11.0. The van der Waals surface area contributed by atoms with Gasteiger partial charge in [0.25, 0.3) is 0 Å².